The van der Waals surface area contributed by atoms with Crippen LogP contribution in [0.3, 0.4) is 0 Å². The van der Waals surface area contributed by atoms with Gasteiger partial charge in [0.05, 0.1) is 17.9 Å². The van der Waals surface area contributed by atoms with Crippen LogP contribution in [-0.2, 0) is 9.47 Å². The van der Waals surface area contributed by atoms with Crippen molar-refractivity contribution < 1.29 is 9.47 Å². The molecule has 0 aliphatic carbocycles. The SMILES string of the molecule is NC1=NC(CCCC(N)C2=COCO2)CCCC1. The second-order valence-electron chi connectivity index (χ2n) is 5.01. The van der Waals surface area contributed by atoms with Gasteiger partial charge >= 0.3 is 0 Å². The van der Waals surface area contributed by atoms with Gasteiger partial charge in [0.2, 0.25) is 6.79 Å². The lowest BCUT2D eigenvalue weighted by atomic mass is 10.0. The van der Waals surface area contributed by atoms with Gasteiger partial charge in [-0.15, -0.1) is 0 Å². The van der Waals surface area contributed by atoms with Crippen LogP contribution in [0.4, 0.5) is 0 Å². The fraction of sp³-hybridized carbons (Fsp3) is 0.769. The molecule has 0 aromatic heterocycles. The monoisotopic (exact) mass is 253 g/mol. The van der Waals surface area contributed by atoms with Gasteiger partial charge in [-0.05, 0) is 32.1 Å². The first-order valence-electron chi connectivity index (χ1n) is 6.78. The zero-order valence-corrected chi connectivity index (χ0v) is 10.8. The third-order valence-corrected chi connectivity index (χ3v) is 3.48. The van der Waals surface area contributed by atoms with Crippen LogP contribution in [-0.4, -0.2) is 24.7 Å². The maximum absolute atomic E-state index is 6.02. The van der Waals surface area contributed by atoms with Gasteiger partial charge in [0.1, 0.15) is 6.26 Å². The smallest absolute Gasteiger partial charge is 0.229 e. The van der Waals surface area contributed by atoms with E-state index in [0.29, 0.717) is 12.8 Å². The molecule has 5 heteroatoms. The van der Waals surface area contributed by atoms with Crippen LogP contribution in [0.1, 0.15) is 44.9 Å². The summed E-state index contributed by atoms with van der Waals surface area (Å²) < 4.78 is 10.3. The fourth-order valence-electron chi connectivity index (χ4n) is 2.42. The Morgan fingerprint density at radius 3 is 3.11 bits per heavy atom. The standard InChI is InChI=1S/C13H23N3O2/c14-11(12-8-17-9-18-12)6-3-5-10-4-1-2-7-13(15)16-10/h8,10-11H,1-7,9,14H2,(H2,15,16). The largest absolute Gasteiger partial charge is 0.462 e. The summed E-state index contributed by atoms with van der Waals surface area (Å²) in [6.07, 6.45) is 9.12. The van der Waals surface area contributed by atoms with E-state index in [0.717, 1.165) is 43.7 Å². The molecular weight excluding hydrogens is 230 g/mol. The summed E-state index contributed by atoms with van der Waals surface area (Å²) in [4.78, 5) is 4.55. The molecule has 2 heterocycles. The highest BCUT2D eigenvalue weighted by Crippen LogP contribution is 2.19. The fourth-order valence-corrected chi connectivity index (χ4v) is 2.42. The molecule has 0 fully saturated rings. The highest BCUT2D eigenvalue weighted by molar-refractivity contribution is 5.80. The van der Waals surface area contributed by atoms with Gasteiger partial charge in [-0.1, -0.05) is 6.42 Å². The molecule has 0 aromatic carbocycles. The van der Waals surface area contributed by atoms with Crippen molar-refractivity contribution >= 4 is 5.84 Å². The third kappa shape index (κ3) is 3.91. The molecular formula is C13H23N3O2. The number of amidine groups is 1. The van der Waals surface area contributed by atoms with Crippen LogP contribution in [0.15, 0.2) is 17.0 Å². The van der Waals surface area contributed by atoms with Crippen LogP contribution in [0.5, 0.6) is 0 Å². The normalized spacial score (nSPS) is 25.5. The summed E-state index contributed by atoms with van der Waals surface area (Å²) in [7, 11) is 0. The maximum atomic E-state index is 6.02. The summed E-state index contributed by atoms with van der Waals surface area (Å²) in [5.74, 6) is 1.58. The Hall–Kier alpha value is -1.23. The van der Waals surface area contributed by atoms with Gasteiger partial charge in [0, 0.05) is 6.42 Å². The molecule has 5 nitrogen and oxygen atoms in total. The van der Waals surface area contributed by atoms with E-state index in [-0.39, 0.29) is 6.04 Å². The van der Waals surface area contributed by atoms with Gasteiger partial charge in [0.15, 0.2) is 5.76 Å². The van der Waals surface area contributed by atoms with Crippen molar-refractivity contribution in [3.05, 3.63) is 12.0 Å². The Balaban J connectivity index is 1.69. The molecule has 102 valence electrons. The van der Waals surface area contributed by atoms with E-state index < -0.39 is 0 Å². The number of rotatable bonds is 5. The molecule has 2 atom stereocenters. The topological polar surface area (TPSA) is 82.9 Å². The van der Waals surface area contributed by atoms with Crippen molar-refractivity contribution in [1.29, 1.82) is 0 Å². The maximum Gasteiger partial charge on any atom is 0.229 e. The number of nitrogens with zero attached hydrogens (tertiary/aromatic N) is 1. The Bertz CT molecular complexity index is 328. The molecule has 0 aromatic rings. The lowest BCUT2D eigenvalue weighted by molar-refractivity contribution is 0.0749. The number of hydrogen-bond donors (Lipinski definition) is 2. The van der Waals surface area contributed by atoms with Gasteiger partial charge in [0.25, 0.3) is 0 Å². The number of ether oxygens (including phenoxy) is 2. The Labute approximate surface area is 108 Å². The Kier molecular flexibility index (Phi) is 4.87. The van der Waals surface area contributed by atoms with Crippen LogP contribution < -0.4 is 11.5 Å². The van der Waals surface area contributed by atoms with Gasteiger partial charge in [-0.25, -0.2) is 0 Å². The van der Waals surface area contributed by atoms with Crippen LogP contribution in [0, 0.1) is 0 Å². The predicted octanol–water partition coefficient (Wildman–Crippen LogP) is 1.63. The molecule has 2 aliphatic heterocycles. The first-order chi connectivity index (χ1) is 8.75. The summed E-state index contributed by atoms with van der Waals surface area (Å²) in [6.45, 7) is 0.298. The minimum atomic E-state index is -0.0559. The molecule has 18 heavy (non-hydrogen) atoms. The number of aliphatic imine (C=N–C) groups is 1. The van der Waals surface area contributed by atoms with Gasteiger partial charge < -0.3 is 20.9 Å². The zero-order chi connectivity index (χ0) is 12.8. The van der Waals surface area contributed by atoms with E-state index in [4.69, 9.17) is 20.9 Å². The Morgan fingerprint density at radius 2 is 2.33 bits per heavy atom. The van der Waals surface area contributed by atoms with E-state index in [2.05, 4.69) is 4.99 Å². The minimum Gasteiger partial charge on any atom is -0.462 e. The van der Waals surface area contributed by atoms with E-state index >= 15 is 0 Å². The van der Waals surface area contributed by atoms with E-state index in [1.54, 1.807) is 6.26 Å². The lowest BCUT2D eigenvalue weighted by Crippen LogP contribution is -2.23. The lowest BCUT2D eigenvalue weighted by Gasteiger charge is -2.14. The van der Waals surface area contributed by atoms with E-state index in [1.807, 2.05) is 0 Å². The van der Waals surface area contributed by atoms with Crippen LogP contribution in [0.25, 0.3) is 0 Å². The van der Waals surface area contributed by atoms with Gasteiger partial charge in [-0.3, -0.25) is 4.99 Å². The number of hydrogen-bond acceptors (Lipinski definition) is 5. The molecule has 2 aliphatic rings. The molecule has 0 amide bonds. The summed E-state index contributed by atoms with van der Waals surface area (Å²) >= 11 is 0. The zero-order valence-electron chi connectivity index (χ0n) is 10.8. The predicted molar refractivity (Wildman–Crippen MR) is 70.8 cm³/mol. The van der Waals surface area contributed by atoms with Crippen molar-refractivity contribution in [2.75, 3.05) is 6.79 Å². The van der Waals surface area contributed by atoms with E-state index in [1.165, 1.54) is 12.8 Å². The summed E-state index contributed by atoms with van der Waals surface area (Å²) in [5, 5.41) is 0. The molecule has 0 spiro atoms. The quantitative estimate of drug-likeness (QED) is 0.780. The molecule has 4 N–H and O–H groups in total. The average molecular weight is 253 g/mol. The first kappa shape index (κ1) is 13.2. The van der Waals surface area contributed by atoms with Crippen molar-refractivity contribution in [2.24, 2.45) is 16.5 Å². The van der Waals surface area contributed by atoms with Crippen LogP contribution >= 0.6 is 0 Å². The van der Waals surface area contributed by atoms with Crippen molar-refractivity contribution in [3.8, 4) is 0 Å². The summed E-state index contributed by atoms with van der Waals surface area (Å²) in [5.41, 5.74) is 11.9. The molecule has 2 unspecified atom stereocenters. The molecule has 0 saturated carbocycles. The average Bonchev–Trinajstić information content (AvgIpc) is 2.80. The second-order valence-corrected chi connectivity index (χ2v) is 5.01. The minimum absolute atomic E-state index is 0.0559. The van der Waals surface area contributed by atoms with Gasteiger partial charge in [-0.2, -0.15) is 0 Å². The first-order valence-corrected chi connectivity index (χ1v) is 6.78. The highest BCUT2D eigenvalue weighted by atomic mass is 16.7. The Morgan fingerprint density at radius 1 is 1.44 bits per heavy atom. The molecule has 0 bridgehead atoms. The summed E-state index contributed by atoms with van der Waals surface area (Å²) in [6, 6.07) is 0.328. The van der Waals surface area contributed by atoms with Crippen molar-refractivity contribution in [3.63, 3.8) is 0 Å². The molecule has 0 radical (unpaired) electrons. The van der Waals surface area contributed by atoms with Crippen molar-refractivity contribution in [2.45, 2.75) is 57.0 Å². The van der Waals surface area contributed by atoms with Crippen molar-refractivity contribution in [1.82, 2.24) is 0 Å². The number of nitrogens with two attached hydrogens (primary N) is 2. The highest BCUT2D eigenvalue weighted by Gasteiger charge is 2.17. The molecule has 2 rings (SSSR count). The van der Waals surface area contributed by atoms with Crippen LogP contribution in [0.2, 0.25) is 0 Å². The molecule has 0 saturated heterocycles. The second kappa shape index (κ2) is 6.64. The van der Waals surface area contributed by atoms with E-state index in [9.17, 15) is 0 Å². The third-order valence-electron chi connectivity index (χ3n) is 3.48.